The lowest BCUT2D eigenvalue weighted by molar-refractivity contribution is -0.121. The molecule has 0 aliphatic carbocycles. The molecule has 2 amide bonds. The zero-order chi connectivity index (χ0) is 18.8. The predicted octanol–water partition coefficient (Wildman–Crippen LogP) is 1.60. The third kappa shape index (κ3) is 7.72. The van der Waals surface area contributed by atoms with Gasteiger partial charge in [-0.15, -0.1) is 0 Å². The minimum Gasteiger partial charge on any atom is -0.356 e. The summed E-state index contributed by atoms with van der Waals surface area (Å²) >= 11 is 5.80. The molecule has 0 saturated carbocycles. The highest BCUT2D eigenvalue weighted by molar-refractivity contribution is 6.30. The van der Waals surface area contributed by atoms with Crippen LogP contribution in [0, 0.1) is 0 Å². The van der Waals surface area contributed by atoms with Crippen LogP contribution in [0.1, 0.15) is 29.6 Å². The van der Waals surface area contributed by atoms with Gasteiger partial charge in [0.05, 0.1) is 0 Å². The lowest BCUT2D eigenvalue weighted by atomic mass is 10.2. The van der Waals surface area contributed by atoms with Crippen LogP contribution in [0.2, 0.25) is 5.02 Å². The minimum atomic E-state index is -0.144. The number of nitrogens with zero attached hydrogens (tertiary/aromatic N) is 2. The van der Waals surface area contributed by atoms with Gasteiger partial charge in [0.1, 0.15) is 0 Å². The smallest absolute Gasteiger partial charge is 0.251 e. The number of carbonyl (C=O) groups is 2. The Labute approximate surface area is 160 Å². The van der Waals surface area contributed by atoms with Crippen LogP contribution in [-0.4, -0.2) is 74.5 Å². The second kappa shape index (κ2) is 11.2. The third-order valence-electron chi connectivity index (χ3n) is 4.54. The number of hydrogen-bond donors (Lipinski definition) is 2. The average Bonchev–Trinajstić information content (AvgIpc) is 2.64. The first-order chi connectivity index (χ1) is 12.5. The number of nitrogens with one attached hydrogen (secondary N) is 2. The summed E-state index contributed by atoms with van der Waals surface area (Å²) in [6, 6.07) is 6.74. The van der Waals surface area contributed by atoms with E-state index in [0.717, 1.165) is 39.1 Å². The fourth-order valence-corrected chi connectivity index (χ4v) is 2.97. The zero-order valence-corrected chi connectivity index (χ0v) is 16.2. The number of hydrogen-bond acceptors (Lipinski definition) is 4. The standard InChI is InChI=1S/C19H29ClN4O2/c1-23-12-14-24(15-13-23)11-3-10-21-18(25)4-2-9-22-19(26)16-5-7-17(20)8-6-16/h5-8H,2-4,9-15H2,1H3,(H,21,25)(H,22,26). The highest BCUT2D eigenvalue weighted by Gasteiger charge is 2.12. The average molecular weight is 381 g/mol. The Balaban J connectivity index is 1.48. The first kappa shape index (κ1) is 20.7. The largest absolute Gasteiger partial charge is 0.356 e. The number of halogens is 1. The Morgan fingerprint density at radius 3 is 2.35 bits per heavy atom. The molecule has 1 saturated heterocycles. The van der Waals surface area contributed by atoms with Crippen LogP contribution in [0.4, 0.5) is 0 Å². The zero-order valence-electron chi connectivity index (χ0n) is 15.5. The van der Waals surface area contributed by atoms with Crippen molar-refractivity contribution in [1.29, 1.82) is 0 Å². The molecule has 0 bridgehead atoms. The van der Waals surface area contributed by atoms with E-state index < -0.39 is 0 Å². The van der Waals surface area contributed by atoms with Gasteiger partial charge in [-0.3, -0.25) is 9.59 Å². The van der Waals surface area contributed by atoms with Crippen LogP contribution in [0.15, 0.2) is 24.3 Å². The molecule has 1 fully saturated rings. The van der Waals surface area contributed by atoms with E-state index in [1.807, 2.05) is 0 Å². The first-order valence-electron chi connectivity index (χ1n) is 9.26. The summed E-state index contributed by atoms with van der Waals surface area (Å²) in [4.78, 5) is 28.5. The molecule has 0 unspecified atom stereocenters. The molecule has 1 aliphatic rings. The molecular formula is C19H29ClN4O2. The van der Waals surface area contributed by atoms with Gasteiger partial charge in [-0.05, 0) is 50.7 Å². The van der Waals surface area contributed by atoms with Crippen LogP contribution in [0.25, 0.3) is 0 Å². The SMILES string of the molecule is CN1CCN(CCCNC(=O)CCCNC(=O)c2ccc(Cl)cc2)CC1. The van der Waals surface area contributed by atoms with Crippen LogP contribution < -0.4 is 10.6 Å². The van der Waals surface area contributed by atoms with Crippen molar-refractivity contribution in [3.63, 3.8) is 0 Å². The second-order valence-electron chi connectivity index (χ2n) is 6.71. The molecule has 0 aromatic heterocycles. The van der Waals surface area contributed by atoms with E-state index in [4.69, 9.17) is 11.6 Å². The minimum absolute atomic E-state index is 0.0455. The van der Waals surface area contributed by atoms with Gasteiger partial charge in [-0.25, -0.2) is 0 Å². The van der Waals surface area contributed by atoms with Crippen molar-refractivity contribution in [2.24, 2.45) is 0 Å². The molecule has 1 aromatic carbocycles. The van der Waals surface area contributed by atoms with E-state index in [1.165, 1.54) is 0 Å². The van der Waals surface area contributed by atoms with Crippen LogP contribution in [0.5, 0.6) is 0 Å². The fourth-order valence-electron chi connectivity index (χ4n) is 2.84. The van der Waals surface area contributed by atoms with Gasteiger partial charge in [0.2, 0.25) is 5.91 Å². The van der Waals surface area contributed by atoms with E-state index in [-0.39, 0.29) is 11.8 Å². The maximum atomic E-state index is 11.9. The van der Waals surface area contributed by atoms with Crippen LogP contribution >= 0.6 is 11.6 Å². The number of rotatable bonds is 9. The van der Waals surface area contributed by atoms with Crippen LogP contribution in [0.3, 0.4) is 0 Å². The van der Waals surface area contributed by atoms with Crippen molar-refractivity contribution < 1.29 is 9.59 Å². The quantitative estimate of drug-likeness (QED) is 0.639. The Morgan fingerprint density at radius 1 is 1.00 bits per heavy atom. The van der Waals surface area contributed by atoms with Crippen molar-refractivity contribution in [3.05, 3.63) is 34.9 Å². The Morgan fingerprint density at radius 2 is 1.65 bits per heavy atom. The number of amides is 2. The third-order valence-corrected chi connectivity index (χ3v) is 4.79. The second-order valence-corrected chi connectivity index (χ2v) is 7.15. The van der Waals surface area contributed by atoms with Gasteiger partial charge in [0.15, 0.2) is 0 Å². The monoisotopic (exact) mass is 380 g/mol. The highest BCUT2D eigenvalue weighted by atomic mass is 35.5. The van der Waals surface area contributed by atoms with Crippen molar-refractivity contribution in [3.8, 4) is 0 Å². The summed E-state index contributed by atoms with van der Waals surface area (Å²) in [5.74, 6) is -0.0987. The molecule has 6 nitrogen and oxygen atoms in total. The van der Waals surface area contributed by atoms with Gasteiger partial charge in [-0.2, -0.15) is 0 Å². The number of benzene rings is 1. The van der Waals surface area contributed by atoms with Gasteiger partial charge in [0.25, 0.3) is 5.91 Å². The molecule has 1 heterocycles. The van der Waals surface area contributed by atoms with Gasteiger partial charge >= 0.3 is 0 Å². The van der Waals surface area contributed by atoms with E-state index in [2.05, 4.69) is 27.5 Å². The highest BCUT2D eigenvalue weighted by Crippen LogP contribution is 2.09. The maximum absolute atomic E-state index is 11.9. The molecular weight excluding hydrogens is 352 g/mol. The fraction of sp³-hybridized carbons (Fsp3) is 0.579. The van der Waals surface area contributed by atoms with E-state index in [1.54, 1.807) is 24.3 Å². The summed E-state index contributed by atoms with van der Waals surface area (Å²) in [7, 11) is 2.15. The van der Waals surface area contributed by atoms with Crippen molar-refractivity contribution in [2.75, 3.05) is 52.9 Å². The molecule has 1 aromatic rings. The Hall–Kier alpha value is -1.63. The molecule has 26 heavy (non-hydrogen) atoms. The van der Waals surface area contributed by atoms with E-state index in [9.17, 15) is 9.59 Å². The molecule has 0 radical (unpaired) electrons. The lowest BCUT2D eigenvalue weighted by Crippen LogP contribution is -2.45. The molecule has 2 N–H and O–H groups in total. The Bertz CT molecular complexity index is 571. The summed E-state index contributed by atoms with van der Waals surface area (Å²) in [6.45, 7) is 6.68. The number of piperazine rings is 1. The number of likely N-dealkylation sites (N-methyl/N-ethyl adjacent to an activating group) is 1. The summed E-state index contributed by atoms with van der Waals surface area (Å²) in [6.07, 6.45) is 2.03. The topological polar surface area (TPSA) is 64.7 Å². The molecule has 2 rings (SSSR count). The lowest BCUT2D eigenvalue weighted by Gasteiger charge is -2.32. The molecule has 144 valence electrons. The van der Waals surface area contributed by atoms with Crippen molar-refractivity contribution in [1.82, 2.24) is 20.4 Å². The number of carbonyl (C=O) groups excluding carboxylic acids is 2. The summed E-state index contributed by atoms with van der Waals surface area (Å²) in [5, 5.41) is 6.37. The summed E-state index contributed by atoms with van der Waals surface area (Å²) < 4.78 is 0. The van der Waals surface area contributed by atoms with Crippen molar-refractivity contribution in [2.45, 2.75) is 19.3 Å². The first-order valence-corrected chi connectivity index (χ1v) is 9.64. The summed E-state index contributed by atoms with van der Waals surface area (Å²) in [5.41, 5.74) is 0.572. The maximum Gasteiger partial charge on any atom is 0.251 e. The Kier molecular flexibility index (Phi) is 8.88. The van der Waals surface area contributed by atoms with Crippen LogP contribution in [-0.2, 0) is 4.79 Å². The molecule has 1 aliphatic heterocycles. The van der Waals surface area contributed by atoms with E-state index in [0.29, 0.717) is 36.5 Å². The van der Waals surface area contributed by atoms with Gasteiger partial charge in [0, 0.05) is 56.3 Å². The molecule has 7 heteroatoms. The predicted molar refractivity (Wildman–Crippen MR) is 105 cm³/mol. The van der Waals surface area contributed by atoms with Gasteiger partial charge < -0.3 is 20.4 Å². The van der Waals surface area contributed by atoms with Crippen molar-refractivity contribution >= 4 is 23.4 Å². The van der Waals surface area contributed by atoms with Gasteiger partial charge in [-0.1, -0.05) is 11.6 Å². The van der Waals surface area contributed by atoms with E-state index >= 15 is 0 Å². The molecule has 0 atom stereocenters. The molecule has 0 spiro atoms. The normalized spacial score (nSPS) is 15.6.